The summed E-state index contributed by atoms with van der Waals surface area (Å²) >= 11 is 0. The summed E-state index contributed by atoms with van der Waals surface area (Å²) in [6, 6.07) is 12.1. The number of ether oxygens (including phenoxy) is 3. The highest BCUT2D eigenvalue weighted by molar-refractivity contribution is 5.91. The number of fused-ring (bicyclic) bond motifs is 2. The third kappa shape index (κ3) is 7.66. The van der Waals surface area contributed by atoms with Crippen LogP contribution in [0.25, 0.3) is 0 Å². The number of carbonyl (C=O) groups is 3. The maximum absolute atomic E-state index is 14.2. The van der Waals surface area contributed by atoms with Crippen molar-refractivity contribution < 1.29 is 33.7 Å². The second-order valence-electron chi connectivity index (χ2n) is 14.9. The minimum atomic E-state index is -0.987. The van der Waals surface area contributed by atoms with Gasteiger partial charge in [-0.1, -0.05) is 24.3 Å². The first kappa shape index (κ1) is 34.4. The van der Waals surface area contributed by atoms with Crippen LogP contribution in [0, 0.1) is 6.92 Å². The lowest BCUT2D eigenvalue weighted by Gasteiger charge is -2.43. The van der Waals surface area contributed by atoms with E-state index in [1.165, 1.54) is 0 Å². The van der Waals surface area contributed by atoms with Crippen molar-refractivity contribution in [2.75, 3.05) is 64.3 Å². The van der Waals surface area contributed by atoms with Gasteiger partial charge in [0.1, 0.15) is 13.2 Å². The maximum atomic E-state index is 14.2. The van der Waals surface area contributed by atoms with Gasteiger partial charge in [-0.05, 0) is 87.6 Å². The SMILES string of the molecule is Cc1cc(C[C@@H](OC(=O)N2CCC(N3CCc4ccccc4NC3=O)CC2)C(=O)N2CCC(N3CCC(C)(O)CC3)CC2)cc2c1OCCO2. The molecule has 270 valence electrons. The van der Waals surface area contributed by atoms with Gasteiger partial charge in [-0.15, -0.1) is 0 Å². The molecular formula is C38H51N5O7. The standard InChI is InChI=1S/C38H51N5O7/c1-26-23-27(24-32-34(26)49-22-21-48-32)25-33(35(44)41-14-8-29(9-15-41)40-19-12-38(2,47)13-20-40)50-37(46)42-16-10-30(11-17-42)43-18-7-28-5-3-4-6-31(28)39-36(43)45/h3-6,23-24,29-30,33,47H,7-22,25H2,1-2H3,(H,39,45)/t33-/m1/s1. The van der Waals surface area contributed by atoms with Crippen LogP contribution in [0.4, 0.5) is 15.3 Å². The van der Waals surface area contributed by atoms with Crippen LogP contribution in [0.5, 0.6) is 11.5 Å². The second kappa shape index (κ2) is 14.7. The number of piperidine rings is 3. The summed E-state index contributed by atoms with van der Waals surface area (Å²) in [5.74, 6) is 1.18. The normalized spacial score (nSPS) is 22.3. The molecule has 2 N–H and O–H groups in total. The molecule has 2 aromatic carbocycles. The molecule has 5 heterocycles. The summed E-state index contributed by atoms with van der Waals surface area (Å²) in [4.78, 5) is 48.9. The quantitative estimate of drug-likeness (QED) is 0.463. The molecule has 0 aliphatic carbocycles. The number of para-hydroxylation sites is 1. The van der Waals surface area contributed by atoms with Crippen molar-refractivity contribution in [3.63, 3.8) is 0 Å². The predicted molar refractivity (Wildman–Crippen MR) is 188 cm³/mol. The number of carbonyl (C=O) groups excluding carboxylic acids is 3. The first-order valence-electron chi connectivity index (χ1n) is 18.4. The van der Waals surface area contributed by atoms with Crippen molar-refractivity contribution in [3.05, 3.63) is 53.1 Å². The summed E-state index contributed by atoms with van der Waals surface area (Å²) in [6.45, 7) is 9.24. The van der Waals surface area contributed by atoms with E-state index in [-0.39, 0.29) is 24.4 Å². The zero-order valence-corrected chi connectivity index (χ0v) is 29.4. The molecule has 0 bridgehead atoms. The van der Waals surface area contributed by atoms with Gasteiger partial charge in [-0.3, -0.25) is 4.79 Å². The van der Waals surface area contributed by atoms with Crippen LogP contribution < -0.4 is 14.8 Å². The Hall–Kier alpha value is -4.03. The number of hydrogen-bond donors (Lipinski definition) is 2. The number of hydrogen-bond acceptors (Lipinski definition) is 8. The topological polar surface area (TPSA) is 124 Å². The summed E-state index contributed by atoms with van der Waals surface area (Å²) in [5, 5.41) is 13.5. The zero-order chi connectivity index (χ0) is 34.8. The smallest absolute Gasteiger partial charge is 0.410 e. The van der Waals surface area contributed by atoms with Crippen LogP contribution >= 0.6 is 0 Å². The minimum absolute atomic E-state index is 0.0128. The van der Waals surface area contributed by atoms with Gasteiger partial charge >= 0.3 is 12.1 Å². The lowest BCUT2D eigenvalue weighted by Crippen LogP contribution is -2.54. The van der Waals surface area contributed by atoms with E-state index in [9.17, 15) is 19.5 Å². The van der Waals surface area contributed by atoms with Crippen LogP contribution in [0.15, 0.2) is 36.4 Å². The molecular weight excluding hydrogens is 638 g/mol. The molecule has 2 aromatic rings. The molecule has 12 nitrogen and oxygen atoms in total. The number of nitrogens with zero attached hydrogens (tertiary/aromatic N) is 4. The Bertz CT molecular complexity index is 1560. The van der Waals surface area contributed by atoms with Crippen molar-refractivity contribution in [1.82, 2.24) is 19.6 Å². The number of nitrogens with one attached hydrogen (secondary N) is 1. The molecule has 7 rings (SSSR count). The monoisotopic (exact) mass is 689 g/mol. The van der Waals surface area contributed by atoms with Gasteiger partial charge in [0, 0.05) is 70.0 Å². The minimum Gasteiger partial charge on any atom is -0.486 e. The van der Waals surface area contributed by atoms with Gasteiger partial charge in [0.05, 0.1) is 5.60 Å². The van der Waals surface area contributed by atoms with Crippen molar-refractivity contribution in [2.24, 2.45) is 0 Å². The fraction of sp³-hybridized carbons (Fsp3) is 0.605. The molecule has 3 saturated heterocycles. The van der Waals surface area contributed by atoms with E-state index in [0.29, 0.717) is 76.3 Å². The first-order chi connectivity index (χ1) is 24.1. The Kier molecular flexibility index (Phi) is 10.1. The lowest BCUT2D eigenvalue weighted by atomic mass is 9.91. The summed E-state index contributed by atoms with van der Waals surface area (Å²) in [5.41, 5.74) is 3.15. The number of urea groups is 1. The molecule has 0 radical (unpaired) electrons. The molecule has 1 atom stereocenters. The van der Waals surface area contributed by atoms with Gasteiger partial charge in [-0.2, -0.15) is 0 Å². The highest BCUT2D eigenvalue weighted by atomic mass is 16.6. The molecule has 5 aliphatic rings. The average molecular weight is 690 g/mol. The van der Waals surface area contributed by atoms with Crippen molar-refractivity contribution in [1.29, 1.82) is 0 Å². The Morgan fingerprint density at radius 2 is 1.62 bits per heavy atom. The molecule has 50 heavy (non-hydrogen) atoms. The fourth-order valence-corrected chi connectivity index (χ4v) is 8.23. The van der Waals surface area contributed by atoms with Crippen LogP contribution in [-0.4, -0.2) is 126 Å². The van der Waals surface area contributed by atoms with E-state index in [1.54, 1.807) is 4.90 Å². The number of benzene rings is 2. The zero-order valence-electron chi connectivity index (χ0n) is 29.4. The molecule has 3 fully saturated rings. The maximum Gasteiger partial charge on any atom is 0.410 e. The van der Waals surface area contributed by atoms with E-state index in [0.717, 1.165) is 67.6 Å². The van der Waals surface area contributed by atoms with Gasteiger partial charge in [0.25, 0.3) is 5.91 Å². The van der Waals surface area contributed by atoms with Gasteiger partial charge in [0.15, 0.2) is 17.6 Å². The number of aliphatic hydroxyl groups is 1. The van der Waals surface area contributed by atoms with E-state index >= 15 is 0 Å². The molecule has 0 spiro atoms. The molecule has 0 unspecified atom stereocenters. The van der Waals surface area contributed by atoms with E-state index in [2.05, 4.69) is 10.2 Å². The number of anilines is 1. The third-order valence-electron chi connectivity index (χ3n) is 11.3. The Labute approximate surface area is 294 Å². The highest BCUT2D eigenvalue weighted by Gasteiger charge is 2.38. The van der Waals surface area contributed by atoms with Crippen LogP contribution in [0.2, 0.25) is 0 Å². The van der Waals surface area contributed by atoms with Crippen molar-refractivity contribution in [2.45, 2.75) is 89.0 Å². The van der Waals surface area contributed by atoms with Crippen LogP contribution in [0.1, 0.15) is 62.1 Å². The first-order valence-corrected chi connectivity index (χ1v) is 18.4. The van der Waals surface area contributed by atoms with Gasteiger partial charge in [0.2, 0.25) is 0 Å². The largest absolute Gasteiger partial charge is 0.486 e. The number of aryl methyl sites for hydroxylation is 1. The van der Waals surface area contributed by atoms with Crippen LogP contribution in [-0.2, 0) is 22.4 Å². The van der Waals surface area contributed by atoms with Crippen LogP contribution in [0.3, 0.4) is 0 Å². The predicted octanol–water partition coefficient (Wildman–Crippen LogP) is 4.21. The van der Waals surface area contributed by atoms with Crippen molar-refractivity contribution in [3.8, 4) is 11.5 Å². The highest BCUT2D eigenvalue weighted by Crippen LogP contribution is 2.36. The Balaban J connectivity index is 0.995. The third-order valence-corrected chi connectivity index (χ3v) is 11.3. The second-order valence-corrected chi connectivity index (χ2v) is 14.9. The number of rotatable bonds is 6. The average Bonchev–Trinajstić information content (AvgIpc) is 3.29. The van der Waals surface area contributed by atoms with Crippen molar-refractivity contribution >= 4 is 23.7 Å². The number of amides is 4. The lowest BCUT2D eigenvalue weighted by molar-refractivity contribution is -0.142. The van der Waals surface area contributed by atoms with Gasteiger partial charge in [-0.25, -0.2) is 9.59 Å². The van der Waals surface area contributed by atoms with E-state index in [4.69, 9.17) is 14.2 Å². The Morgan fingerprint density at radius 3 is 2.38 bits per heavy atom. The number of likely N-dealkylation sites (tertiary alicyclic amines) is 3. The molecule has 0 saturated carbocycles. The van der Waals surface area contributed by atoms with Gasteiger partial charge < -0.3 is 44.2 Å². The summed E-state index contributed by atoms with van der Waals surface area (Å²) in [6.07, 6.45) is 4.01. The van der Waals surface area contributed by atoms with E-state index in [1.807, 2.05) is 60.0 Å². The summed E-state index contributed by atoms with van der Waals surface area (Å²) in [7, 11) is 0. The van der Waals surface area contributed by atoms with E-state index < -0.39 is 17.8 Å². The molecule has 4 amide bonds. The summed E-state index contributed by atoms with van der Waals surface area (Å²) < 4.78 is 17.8. The molecule has 12 heteroatoms. The molecule has 0 aromatic heterocycles. The Morgan fingerprint density at radius 1 is 0.940 bits per heavy atom. The molecule has 5 aliphatic heterocycles. The fourth-order valence-electron chi connectivity index (χ4n) is 8.23.